The molecule has 2 aliphatic rings. The highest BCUT2D eigenvalue weighted by molar-refractivity contribution is 5.95. The molecule has 0 aromatic carbocycles. The van der Waals surface area contributed by atoms with Gasteiger partial charge in [-0.2, -0.15) is 0 Å². The minimum absolute atomic E-state index is 0.0528. The van der Waals surface area contributed by atoms with E-state index < -0.39 is 5.82 Å². The first-order valence-electron chi connectivity index (χ1n) is 8.22. The molecule has 1 spiro atoms. The SMILES string of the molecule is O=C1COC2(CCN(c3ncc(F)cn3)CC2)CN1c1cccnc1. The number of aromatic nitrogens is 3. The number of rotatable bonds is 2. The normalized spacial score (nSPS) is 20.1. The average Bonchev–Trinajstić information content (AvgIpc) is 2.66. The van der Waals surface area contributed by atoms with Gasteiger partial charge < -0.3 is 14.5 Å². The molecule has 0 unspecified atom stereocenters. The summed E-state index contributed by atoms with van der Waals surface area (Å²) in [5.41, 5.74) is 0.416. The molecule has 0 atom stereocenters. The molecular weight excluding hydrogens is 325 g/mol. The van der Waals surface area contributed by atoms with Gasteiger partial charge in [0.2, 0.25) is 5.95 Å². The summed E-state index contributed by atoms with van der Waals surface area (Å²) in [6.07, 6.45) is 7.22. The zero-order valence-corrected chi connectivity index (χ0v) is 13.6. The zero-order valence-electron chi connectivity index (χ0n) is 13.6. The third-order valence-corrected chi connectivity index (χ3v) is 4.77. The number of halogens is 1. The average molecular weight is 343 g/mol. The fourth-order valence-electron chi connectivity index (χ4n) is 3.35. The number of morpholine rings is 1. The first-order valence-corrected chi connectivity index (χ1v) is 8.22. The lowest BCUT2D eigenvalue weighted by Gasteiger charge is -2.46. The van der Waals surface area contributed by atoms with E-state index >= 15 is 0 Å². The molecule has 0 saturated carbocycles. The van der Waals surface area contributed by atoms with Gasteiger partial charge in [-0.25, -0.2) is 14.4 Å². The van der Waals surface area contributed by atoms with Crippen molar-refractivity contribution in [1.82, 2.24) is 15.0 Å². The van der Waals surface area contributed by atoms with Crippen molar-refractivity contribution in [2.24, 2.45) is 0 Å². The summed E-state index contributed by atoms with van der Waals surface area (Å²) < 4.78 is 18.9. The Morgan fingerprint density at radius 1 is 1.16 bits per heavy atom. The van der Waals surface area contributed by atoms with E-state index in [4.69, 9.17) is 4.74 Å². The van der Waals surface area contributed by atoms with Gasteiger partial charge in [0.05, 0.1) is 36.4 Å². The van der Waals surface area contributed by atoms with Gasteiger partial charge in [0.1, 0.15) is 6.61 Å². The molecule has 2 aliphatic heterocycles. The number of carbonyl (C=O) groups is 1. The molecule has 2 aromatic heterocycles. The Kier molecular flexibility index (Phi) is 4.04. The number of hydrogen-bond donors (Lipinski definition) is 0. The Hall–Kier alpha value is -2.61. The van der Waals surface area contributed by atoms with Crippen molar-refractivity contribution in [2.45, 2.75) is 18.4 Å². The van der Waals surface area contributed by atoms with Crippen molar-refractivity contribution < 1.29 is 13.9 Å². The number of nitrogens with zero attached hydrogens (tertiary/aromatic N) is 5. The summed E-state index contributed by atoms with van der Waals surface area (Å²) in [6.45, 7) is 1.97. The Bertz CT molecular complexity index is 747. The van der Waals surface area contributed by atoms with E-state index in [0.717, 1.165) is 18.5 Å². The highest BCUT2D eigenvalue weighted by Gasteiger charge is 2.43. The number of ether oxygens (including phenoxy) is 1. The van der Waals surface area contributed by atoms with Gasteiger partial charge in [-0.05, 0) is 25.0 Å². The standard InChI is InChI=1S/C17H18FN5O2/c18-13-8-20-16(21-9-13)22-6-3-17(4-7-22)12-23(15(24)11-25-17)14-2-1-5-19-10-14/h1-2,5,8-10H,3-4,6-7,11-12H2. The van der Waals surface area contributed by atoms with Crippen molar-refractivity contribution >= 4 is 17.5 Å². The Balaban J connectivity index is 1.46. The second-order valence-corrected chi connectivity index (χ2v) is 6.35. The van der Waals surface area contributed by atoms with Gasteiger partial charge in [0.25, 0.3) is 5.91 Å². The predicted octanol–water partition coefficient (Wildman–Crippen LogP) is 1.41. The molecule has 25 heavy (non-hydrogen) atoms. The van der Waals surface area contributed by atoms with Crippen LogP contribution in [0.15, 0.2) is 36.9 Å². The van der Waals surface area contributed by atoms with E-state index in [2.05, 4.69) is 15.0 Å². The molecule has 4 heterocycles. The predicted molar refractivity (Wildman–Crippen MR) is 88.7 cm³/mol. The fourth-order valence-corrected chi connectivity index (χ4v) is 3.35. The molecule has 0 N–H and O–H groups in total. The van der Waals surface area contributed by atoms with Crippen LogP contribution in [-0.2, 0) is 9.53 Å². The van der Waals surface area contributed by atoms with Gasteiger partial charge in [0.15, 0.2) is 5.82 Å². The number of amides is 1. The Labute approximate surface area is 144 Å². The van der Waals surface area contributed by atoms with Crippen LogP contribution in [0.3, 0.4) is 0 Å². The lowest BCUT2D eigenvalue weighted by atomic mass is 9.89. The van der Waals surface area contributed by atoms with Gasteiger partial charge in [-0.3, -0.25) is 9.78 Å². The number of pyridine rings is 1. The maximum absolute atomic E-state index is 13.0. The number of anilines is 2. The van der Waals surface area contributed by atoms with Crippen LogP contribution < -0.4 is 9.80 Å². The first kappa shape index (κ1) is 15.9. The third kappa shape index (κ3) is 3.17. The summed E-state index contributed by atoms with van der Waals surface area (Å²) in [5.74, 6) is 0.0219. The minimum atomic E-state index is -0.446. The summed E-state index contributed by atoms with van der Waals surface area (Å²) >= 11 is 0. The maximum Gasteiger partial charge on any atom is 0.253 e. The van der Waals surface area contributed by atoms with E-state index in [9.17, 15) is 9.18 Å². The molecule has 2 fully saturated rings. The van der Waals surface area contributed by atoms with Crippen LogP contribution in [-0.4, -0.2) is 52.7 Å². The summed E-state index contributed by atoms with van der Waals surface area (Å²) in [7, 11) is 0. The molecule has 2 saturated heterocycles. The fraction of sp³-hybridized carbons (Fsp3) is 0.412. The van der Waals surface area contributed by atoms with Gasteiger partial charge in [-0.1, -0.05) is 0 Å². The van der Waals surface area contributed by atoms with Crippen LogP contribution in [0.1, 0.15) is 12.8 Å². The molecule has 2 aromatic rings. The molecule has 1 amide bonds. The summed E-state index contributed by atoms with van der Waals surface area (Å²) in [5, 5.41) is 0. The van der Waals surface area contributed by atoms with Crippen LogP contribution in [0.5, 0.6) is 0 Å². The highest BCUT2D eigenvalue weighted by Crippen LogP contribution is 2.33. The van der Waals surface area contributed by atoms with Gasteiger partial charge in [-0.15, -0.1) is 0 Å². The molecule has 0 radical (unpaired) electrons. The van der Waals surface area contributed by atoms with Gasteiger partial charge >= 0.3 is 0 Å². The Morgan fingerprint density at radius 3 is 2.60 bits per heavy atom. The molecule has 7 nitrogen and oxygen atoms in total. The highest BCUT2D eigenvalue weighted by atomic mass is 19.1. The molecule has 0 aliphatic carbocycles. The minimum Gasteiger partial charge on any atom is -0.363 e. The topological polar surface area (TPSA) is 71.5 Å². The quantitative estimate of drug-likeness (QED) is 0.821. The largest absolute Gasteiger partial charge is 0.363 e. The molecule has 4 rings (SSSR count). The number of piperidine rings is 1. The monoisotopic (exact) mass is 343 g/mol. The third-order valence-electron chi connectivity index (χ3n) is 4.77. The second kappa shape index (κ2) is 6.36. The maximum atomic E-state index is 13.0. The lowest BCUT2D eigenvalue weighted by Crippen LogP contribution is -2.59. The van der Waals surface area contributed by atoms with Crippen LogP contribution in [0.25, 0.3) is 0 Å². The van der Waals surface area contributed by atoms with E-state index in [0.29, 0.717) is 25.6 Å². The van der Waals surface area contributed by atoms with Crippen LogP contribution in [0.4, 0.5) is 16.0 Å². The molecule has 0 bridgehead atoms. The molecule has 130 valence electrons. The first-order chi connectivity index (χ1) is 12.2. The van der Waals surface area contributed by atoms with E-state index in [1.807, 2.05) is 17.0 Å². The second-order valence-electron chi connectivity index (χ2n) is 6.35. The van der Waals surface area contributed by atoms with Crippen LogP contribution in [0.2, 0.25) is 0 Å². The lowest BCUT2D eigenvalue weighted by molar-refractivity contribution is -0.141. The van der Waals surface area contributed by atoms with E-state index in [1.54, 1.807) is 17.3 Å². The van der Waals surface area contributed by atoms with Crippen LogP contribution >= 0.6 is 0 Å². The number of carbonyl (C=O) groups excluding carboxylic acids is 1. The summed E-state index contributed by atoms with van der Waals surface area (Å²) in [6, 6.07) is 3.70. The Morgan fingerprint density at radius 2 is 1.92 bits per heavy atom. The molecule has 8 heteroatoms. The zero-order chi connectivity index (χ0) is 17.3. The van der Waals surface area contributed by atoms with Crippen molar-refractivity contribution in [2.75, 3.05) is 36.0 Å². The van der Waals surface area contributed by atoms with Crippen molar-refractivity contribution in [3.8, 4) is 0 Å². The molecular formula is C17H18FN5O2. The van der Waals surface area contributed by atoms with Crippen molar-refractivity contribution in [1.29, 1.82) is 0 Å². The number of hydrogen-bond acceptors (Lipinski definition) is 6. The van der Waals surface area contributed by atoms with Crippen molar-refractivity contribution in [3.05, 3.63) is 42.7 Å². The smallest absolute Gasteiger partial charge is 0.253 e. The van der Waals surface area contributed by atoms with Crippen LogP contribution in [0, 0.1) is 5.82 Å². The summed E-state index contributed by atoms with van der Waals surface area (Å²) in [4.78, 5) is 28.2. The van der Waals surface area contributed by atoms with Gasteiger partial charge in [0, 0.05) is 19.3 Å². The van der Waals surface area contributed by atoms with Crippen molar-refractivity contribution in [3.63, 3.8) is 0 Å². The van der Waals surface area contributed by atoms with E-state index in [-0.39, 0.29) is 18.1 Å². The van der Waals surface area contributed by atoms with E-state index in [1.165, 1.54) is 12.4 Å².